The van der Waals surface area contributed by atoms with E-state index in [1.807, 2.05) is 6.92 Å². The topological polar surface area (TPSA) is 74.7 Å². The molecule has 2 fully saturated rings. The molecule has 0 spiro atoms. The number of carboxylic acid groups (broad SMARTS) is 1. The fraction of sp³-hybridized carbons (Fsp3) is 0.917. The van der Waals surface area contributed by atoms with E-state index in [2.05, 4.69) is 4.90 Å². The van der Waals surface area contributed by atoms with Crippen LogP contribution in [-0.2, 0) is 14.6 Å². The minimum atomic E-state index is -2.93. The molecule has 3 unspecified atom stereocenters. The highest BCUT2D eigenvalue weighted by atomic mass is 32.2. The van der Waals surface area contributed by atoms with Gasteiger partial charge in [0.15, 0.2) is 9.84 Å². The average Bonchev–Trinajstić information content (AvgIpc) is 2.28. The van der Waals surface area contributed by atoms with Crippen LogP contribution in [0.2, 0.25) is 0 Å². The van der Waals surface area contributed by atoms with Crippen LogP contribution in [0.4, 0.5) is 0 Å². The highest BCUT2D eigenvalue weighted by molar-refractivity contribution is 7.91. The van der Waals surface area contributed by atoms with Crippen molar-refractivity contribution in [3.05, 3.63) is 0 Å². The smallest absolute Gasteiger partial charge is 0.308 e. The van der Waals surface area contributed by atoms with Crippen LogP contribution in [0.1, 0.15) is 32.6 Å². The van der Waals surface area contributed by atoms with Gasteiger partial charge in [0.1, 0.15) is 0 Å². The van der Waals surface area contributed by atoms with E-state index in [0.717, 1.165) is 25.7 Å². The number of carboxylic acids is 1. The maximum atomic E-state index is 11.6. The standard InChI is InChI=1S/C12H21NO4S/c1-9-8-18(16,17)7-6-13(9)11-5-3-2-4-10(11)12(14)15/h9-11H,2-8H2,1H3,(H,14,15). The summed E-state index contributed by atoms with van der Waals surface area (Å²) in [7, 11) is -2.93. The van der Waals surface area contributed by atoms with Crippen molar-refractivity contribution in [3.63, 3.8) is 0 Å². The van der Waals surface area contributed by atoms with Gasteiger partial charge in [-0.25, -0.2) is 8.42 Å². The fourth-order valence-corrected chi connectivity index (χ4v) is 4.88. The molecule has 0 radical (unpaired) electrons. The summed E-state index contributed by atoms with van der Waals surface area (Å²) in [6.45, 7) is 2.38. The van der Waals surface area contributed by atoms with E-state index in [1.165, 1.54) is 0 Å². The molecular formula is C12H21NO4S. The molecule has 6 heteroatoms. The lowest BCUT2D eigenvalue weighted by atomic mass is 9.83. The summed E-state index contributed by atoms with van der Waals surface area (Å²) in [5.41, 5.74) is 0. The Morgan fingerprint density at radius 2 is 1.94 bits per heavy atom. The summed E-state index contributed by atoms with van der Waals surface area (Å²) >= 11 is 0. The molecule has 1 saturated heterocycles. The van der Waals surface area contributed by atoms with Crippen LogP contribution >= 0.6 is 0 Å². The van der Waals surface area contributed by atoms with E-state index in [4.69, 9.17) is 0 Å². The minimum Gasteiger partial charge on any atom is -0.481 e. The zero-order valence-electron chi connectivity index (χ0n) is 10.7. The second-order valence-electron chi connectivity index (χ2n) is 5.50. The van der Waals surface area contributed by atoms with Gasteiger partial charge in [-0.15, -0.1) is 0 Å². The molecule has 0 amide bonds. The first kappa shape index (κ1) is 13.8. The molecule has 5 nitrogen and oxygen atoms in total. The zero-order chi connectivity index (χ0) is 13.3. The first-order chi connectivity index (χ1) is 8.41. The monoisotopic (exact) mass is 275 g/mol. The van der Waals surface area contributed by atoms with Gasteiger partial charge >= 0.3 is 5.97 Å². The number of hydrogen-bond acceptors (Lipinski definition) is 4. The minimum absolute atomic E-state index is 0.0155. The third kappa shape index (κ3) is 2.85. The normalized spacial score (nSPS) is 37.3. The van der Waals surface area contributed by atoms with Gasteiger partial charge in [-0.05, 0) is 19.8 Å². The van der Waals surface area contributed by atoms with Crippen LogP contribution in [0.25, 0.3) is 0 Å². The molecule has 2 aliphatic rings. The van der Waals surface area contributed by atoms with Crippen LogP contribution in [0.5, 0.6) is 0 Å². The maximum absolute atomic E-state index is 11.6. The van der Waals surface area contributed by atoms with Gasteiger partial charge in [-0.2, -0.15) is 0 Å². The highest BCUT2D eigenvalue weighted by Gasteiger charge is 2.39. The predicted octanol–water partition coefficient (Wildman–Crippen LogP) is 0.749. The first-order valence-electron chi connectivity index (χ1n) is 6.60. The quantitative estimate of drug-likeness (QED) is 0.805. The number of aliphatic carboxylic acids is 1. The molecular weight excluding hydrogens is 254 g/mol. The first-order valence-corrected chi connectivity index (χ1v) is 8.42. The summed E-state index contributed by atoms with van der Waals surface area (Å²) in [5, 5.41) is 9.28. The van der Waals surface area contributed by atoms with Crippen molar-refractivity contribution in [2.75, 3.05) is 18.1 Å². The lowest BCUT2D eigenvalue weighted by Gasteiger charge is -2.43. The van der Waals surface area contributed by atoms with Crippen molar-refractivity contribution in [2.24, 2.45) is 5.92 Å². The van der Waals surface area contributed by atoms with E-state index in [0.29, 0.717) is 6.54 Å². The summed E-state index contributed by atoms with van der Waals surface area (Å²) in [6, 6.07) is -0.0459. The second-order valence-corrected chi connectivity index (χ2v) is 7.73. The fourth-order valence-electron chi connectivity index (χ4n) is 3.30. The summed E-state index contributed by atoms with van der Waals surface area (Å²) in [5.74, 6) is -0.738. The Balaban J connectivity index is 2.12. The lowest BCUT2D eigenvalue weighted by molar-refractivity contribution is -0.146. The SMILES string of the molecule is CC1CS(=O)(=O)CCN1C1CCCCC1C(=O)O. The van der Waals surface area contributed by atoms with E-state index >= 15 is 0 Å². The van der Waals surface area contributed by atoms with Crippen molar-refractivity contribution >= 4 is 15.8 Å². The van der Waals surface area contributed by atoms with Gasteiger partial charge in [0.25, 0.3) is 0 Å². The molecule has 0 aromatic heterocycles. The number of nitrogens with zero attached hydrogens (tertiary/aromatic N) is 1. The molecule has 0 bridgehead atoms. The Bertz CT molecular complexity index is 420. The number of rotatable bonds is 2. The third-order valence-electron chi connectivity index (χ3n) is 4.19. The molecule has 0 aromatic carbocycles. The van der Waals surface area contributed by atoms with Crippen LogP contribution in [0.3, 0.4) is 0 Å². The molecule has 2 rings (SSSR count). The molecule has 0 aromatic rings. The zero-order valence-corrected chi connectivity index (χ0v) is 11.5. The Hall–Kier alpha value is -0.620. The van der Waals surface area contributed by atoms with Crippen LogP contribution < -0.4 is 0 Å². The van der Waals surface area contributed by atoms with Crippen LogP contribution in [0, 0.1) is 5.92 Å². The maximum Gasteiger partial charge on any atom is 0.308 e. The summed E-state index contributed by atoms with van der Waals surface area (Å²) in [4.78, 5) is 13.4. The molecule has 1 aliphatic carbocycles. The molecule has 1 aliphatic heterocycles. The molecule has 104 valence electrons. The Labute approximate surface area is 108 Å². The molecule has 1 saturated carbocycles. The van der Waals surface area contributed by atoms with Crippen molar-refractivity contribution in [1.82, 2.24) is 4.90 Å². The van der Waals surface area contributed by atoms with Crippen molar-refractivity contribution in [3.8, 4) is 0 Å². The highest BCUT2D eigenvalue weighted by Crippen LogP contribution is 2.31. The second kappa shape index (κ2) is 5.17. The molecule has 1 heterocycles. The average molecular weight is 275 g/mol. The van der Waals surface area contributed by atoms with Gasteiger partial charge in [0.05, 0.1) is 17.4 Å². The van der Waals surface area contributed by atoms with Crippen LogP contribution in [-0.4, -0.2) is 54.5 Å². The Morgan fingerprint density at radius 1 is 1.28 bits per heavy atom. The van der Waals surface area contributed by atoms with Crippen molar-refractivity contribution in [2.45, 2.75) is 44.7 Å². The molecule has 18 heavy (non-hydrogen) atoms. The Morgan fingerprint density at radius 3 is 2.56 bits per heavy atom. The van der Waals surface area contributed by atoms with E-state index in [1.54, 1.807) is 0 Å². The number of sulfone groups is 1. The van der Waals surface area contributed by atoms with E-state index in [9.17, 15) is 18.3 Å². The molecule has 1 N–H and O–H groups in total. The Kier molecular flexibility index (Phi) is 3.96. The van der Waals surface area contributed by atoms with Crippen molar-refractivity contribution < 1.29 is 18.3 Å². The van der Waals surface area contributed by atoms with Gasteiger partial charge < -0.3 is 5.11 Å². The van der Waals surface area contributed by atoms with Crippen molar-refractivity contribution in [1.29, 1.82) is 0 Å². The van der Waals surface area contributed by atoms with E-state index < -0.39 is 15.8 Å². The number of carbonyl (C=O) groups is 1. The van der Waals surface area contributed by atoms with Gasteiger partial charge in [-0.3, -0.25) is 9.69 Å². The summed E-state index contributed by atoms with van der Waals surface area (Å²) in [6.07, 6.45) is 3.61. The third-order valence-corrected chi connectivity index (χ3v) is 5.99. The molecule has 3 atom stereocenters. The largest absolute Gasteiger partial charge is 0.481 e. The van der Waals surface area contributed by atoms with Gasteiger partial charge in [0.2, 0.25) is 0 Å². The van der Waals surface area contributed by atoms with Gasteiger partial charge in [0, 0.05) is 18.6 Å². The van der Waals surface area contributed by atoms with Gasteiger partial charge in [-0.1, -0.05) is 12.8 Å². The summed E-state index contributed by atoms with van der Waals surface area (Å²) < 4.78 is 23.1. The number of hydrogen-bond donors (Lipinski definition) is 1. The predicted molar refractivity (Wildman–Crippen MR) is 68.2 cm³/mol. The lowest BCUT2D eigenvalue weighted by Crippen LogP contribution is -2.55. The van der Waals surface area contributed by atoms with Crippen LogP contribution in [0.15, 0.2) is 0 Å². The van der Waals surface area contributed by atoms with E-state index in [-0.39, 0.29) is 29.5 Å².